The lowest BCUT2D eigenvalue weighted by Gasteiger charge is -2.44. The van der Waals surface area contributed by atoms with Gasteiger partial charge in [-0.15, -0.1) is 0 Å². The Morgan fingerprint density at radius 2 is 1.27 bits per heavy atom. The van der Waals surface area contributed by atoms with Crippen molar-refractivity contribution in [1.82, 2.24) is 0 Å². The normalized spacial score (nSPS) is 26.2. The van der Waals surface area contributed by atoms with Crippen LogP contribution >= 0.6 is 0 Å². The summed E-state index contributed by atoms with van der Waals surface area (Å²) in [6.45, 7) is 4.97. The minimum Gasteiger partial charge on any atom is -0.504 e. The Morgan fingerprint density at radius 1 is 0.729 bits per heavy atom. The molecule has 10 heteroatoms. The first-order valence-electron chi connectivity index (χ1n) is 16.1. The van der Waals surface area contributed by atoms with Gasteiger partial charge in [0.25, 0.3) is 0 Å². The fraction of sp³-hybridized carbons (Fsp3) is 0.316. The van der Waals surface area contributed by atoms with Crippen LogP contribution in [-0.2, 0) is 19.2 Å². The molecule has 10 nitrogen and oxygen atoms in total. The van der Waals surface area contributed by atoms with E-state index >= 15 is 0 Å². The van der Waals surface area contributed by atoms with Crippen molar-refractivity contribution in [3.05, 3.63) is 95.1 Å². The molecule has 1 saturated carbocycles. The fourth-order valence-corrected chi connectivity index (χ4v) is 8.16. The number of imide groups is 2. The van der Waals surface area contributed by atoms with Gasteiger partial charge in [-0.2, -0.15) is 0 Å². The van der Waals surface area contributed by atoms with Gasteiger partial charge in [0, 0.05) is 17.0 Å². The number of carbonyl (C=O) groups excluding carboxylic acids is 6. The molecule has 0 radical (unpaired) electrons. The van der Waals surface area contributed by atoms with Gasteiger partial charge in [0.05, 0.1) is 41.7 Å². The summed E-state index contributed by atoms with van der Waals surface area (Å²) in [6.07, 6.45) is 2.44. The number of anilines is 2. The number of hydrogen-bond donors (Lipinski definition) is 1. The van der Waals surface area contributed by atoms with Crippen molar-refractivity contribution in [2.24, 2.45) is 29.6 Å². The molecule has 3 aromatic carbocycles. The van der Waals surface area contributed by atoms with Gasteiger partial charge in [-0.3, -0.25) is 38.6 Å². The summed E-state index contributed by atoms with van der Waals surface area (Å²) in [5, 5.41) is 10.5. The van der Waals surface area contributed by atoms with Crippen LogP contribution in [0.2, 0.25) is 0 Å². The average Bonchev–Trinajstić information content (AvgIpc) is 3.48. The molecule has 2 saturated heterocycles. The smallest absolute Gasteiger partial charge is 0.238 e. The quantitative estimate of drug-likeness (QED) is 0.209. The molecule has 4 amide bonds. The Bertz CT molecular complexity index is 1930. The number of amides is 4. The zero-order valence-corrected chi connectivity index (χ0v) is 26.7. The molecule has 0 bridgehead atoms. The maximum atomic E-state index is 14.3. The van der Waals surface area contributed by atoms with E-state index in [0.717, 1.165) is 5.57 Å². The molecule has 0 aromatic heterocycles. The maximum Gasteiger partial charge on any atom is 0.238 e. The summed E-state index contributed by atoms with van der Waals surface area (Å²) in [5.41, 5.74) is 3.12. The minimum absolute atomic E-state index is 0.0637. The standard InChI is InChI=1S/C38H34N2O8/c1-4-48-31-17-23(9-16-30(31)43)32-26-14-15-27-33(37(46)39(35(27)44)24-10-5-21(6-11-24)19(2)41)28(26)18-29-34(32)38(47)40(36(29)45)25-12-7-22(8-13-25)20(3)42/h5-14,16-17,27-29,32-34,43H,4,15,18H2,1-3H3. The van der Waals surface area contributed by atoms with E-state index in [9.17, 15) is 33.9 Å². The van der Waals surface area contributed by atoms with Crippen LogP contribution in [0.1, 0.15) is 65.8 Å². The Kier molecular flexibility index (Phi) is 7.61. The number of ketones is 2. The molecular formula is C38H34N2O8. The molecule has 7 rings (SSSR count). The fourth-order valence-electron chi connectivity index (χ4n) is 8.16. The predicted molar refractivity (Wildman–Crippen MR) is 175 cm³/mol. The summed E-state index contributed by atoms with van der Waals surface area (Å²) < 4.78 is 5.69. The lowest BCUT2D eigenvalue weighted by Crippen LogP contribution is -2.43. The van der Waals surface area contributed by atoms with Crippen molar-refractivity contribution >= 4 is 46.6 Å². The highest BCUT2D eigenvalue weighted by Crippen LogP contribution is 2.58. The van der Waals surface area contributed by atoms with Gasteiger partial charge in [-0.05, 0) is 106 Å². The van der Waals surface area contributed by atoms with E-state index in [4.69, 9.17) is 4.74 Å². The highest BCUT2D eigenvalue weighted by atomic mass is 16.5. The van der Waals surface area contributed by atoms with Gasteiger partial charge in [0.15, 0.2) is 23.1 Å². The predicted octanol–water partition coefficient (Wildman–Crippen LogP) is 5.24. The van der Waals surface area contributed by atoms with E-state index in [2.05, 4.69) is 0 Å². The highest BCUT2D eigenvalue weighted by Gasteiger charge is 2.62. The van der Waals surface area contributed by atoms with Crippen molar-refractivity contribution in [2.75, 3.05) is 16.4 Å². The van der Waals surface area contributed by atoms with Crippen LogP contribution in [0.3, 0.4) is 0 Å². The zero-order chi connectivity index (χ0) is 34.0. The second-order valence-corrected chi connectivity index (χ2v) is 12.9. The number of nitrogens with zero attached hydrogens (tertiary/aromatic N) is 2. The molecule has 1 N–H and O–H groups in total. The molecular weight excluding hydrogens is 612 g/mol. The van der Waals surface area contributed by atoms with E-state index in [1.54, 1.807) is 67.6 Å². The van der Waals surface area contributed by atoms with Crippen LogP contribution in [0.4, 0.5) is 11.4 Å². The molecule has 3 aromatic rings. The Labute approximate surface area is 277 Å². The first-order valence-corrected chi connectivity index (χ1v) is 16.1. The van der Waals surface area contributed by atoms with E-state index < -0.39 is 41.4 Å². The minimum atomic E-state index is -0.800. The van der Waals surface area contributed by atoms with E-state index in [0.29, 0.717) is 34.7 Å². The molecule has 4 aliphatic rings. The Hall–Kier alpha value is -5.38. The summed E-state index contributed by atoms with van der Waals surface area (Å²) in [5.74, 6) is -5.70. The van der Waals surface area contributed by atoms with Crippen LogP contribution in [0.5, 0.6) is 11.5 Å². The first-order chi connectivity index (χ1) is 23.0. The number of ether oxygens (including phenoxy) is 1. The van der Waals surface area contributed by atoms with Crippen LogP contribution < -0.4 is 14.5 Å². The monoisotopic (exact) mass is 646 g/mol. The van der Waals surface area contributed by atoms with Crippen LogP contribution in [0.25, 0.3) is 0 Å². The highest BCUT2D eigenvalue weighted by molar-refractivity contribution is 6.24. The lowest BCUT2D eigenvalue weighted by molar-refractivity contribution is -0.126. The van der Waals surface area contributed by atoms with Gasteiger partial charge < -0.3 is 9.84 Å². The first kappa shape index (κ1) is 31.2. The van der Waals surface area contributed by atoms with Crippen LogP contribution in [0, 0.1) is 29.6 Å². The third kappa shape index (κ3) is 4.77. The second-order valence-electron chi connectivity index (χ2n) is 12.9. The van der Waals surface area contributed by atoms with Gasteiger partial charge in [0.1, 0.15) is 0 Å². The summed E-state index contributed by atoms with van der Waals surface area (Å²) in [6, 6.07) is 17.6. The number of allylic oxidation sites excluding steroid dienone is 2. The van der Waals surface area contributed by atoms with E-state index in [1.165, 1.54) is 29.7 Å². The third-order valence-electron chi connectivity index (χ3n) is 10.4. The van der Waals surface area contributed by atoms with Gasteiger partial charge in [0.2, 0.25) is 23.6 Å². The van der Waals surface area contributed by atoms with E-state index in [1.807, 2.05) is 6.08 Å². The molecule has 2 aliphatic heterocycles. The van der Waals surface area contributed by atoms with Gasteiger partial charge >= 0.3 is 0 Å². The molecule has 2 aliphatic carbocycles. The summed E-state index contributed by atoms with van der Waals surface area (Å²) in [4.78, 5) is 82.7. The molecule has 48 heavy (non-hydrogen) atoms. The number of rotatable bonds is 7. The lowest BCUT2D eigenvalue weighted by atomic mass is 9.57. The second kappa shape index (κ2) is 11.7. The topological polar surface area (TPSA) is 138 Å². The number of phenols is 1. The third-order valence-corrected chi connectivity index (χ3v) is 10.4. The SMILES string of the molecule is CCOc1cc(C2C3=CCC4C(=O)N(c5ccc(C(C)=O)cc5)C(=O)C4C3CC3C(=O)N(c4ccc(C(C)=O)cc4)C(=O)C32)ccc1O. The van der Waals surface area contributed by atoms with Crippen molar-refractivity contribution < 1.29 is 38.6 Å². The van der Waals surface area contributed by atoms with Crippen LogP contribution in [-0.4, -0.2) is 46.9 Å². The molecule has 6 unspecified atom stereocenters. The summed E-state index contributed by atoms with van der Waals surface area (Å²) in [7, 11) is 0. The van der Waals surface area contributed by atoms with Gasteiger partial charge in [-0.25, -0.2) is 0 Å². The van der Waals surface area contributed by atoms with Crippen molar-refractivity contribution in [3.8, 4) is 11.5 Å². The van der Waals surface area contributed by atoms with Gasteiger partial charge in [-0.1, -0.05) is 17.7 Å². The zero-order valence-electron chi connectivity index (χ0n) is 26.7. The number of benzene rings is 3. The Balaban J connectivity index is 1.31. The number of fused-ring (bicyclic) bond motifs is 4. The maximum absolute atomic E-state index is 14.3. The molecule has 2 heterocycles. The molecule has 6 atom stereocenters. The average molecular weight is 647 g/mol. The molecule has 3 fully saturated rings. The van der Waals surface area contributed by atoms with Crippen molar-refractivity contribution in [3.63, 3.8) is 0 Å². The number of Topliss-reactive ketones (excluding diaryl/α,β-unsaturated/α-hetero) is 2. The van der Waals surface area contributed by atoms with Crippen molar-refractivity contribution in [2.45, 2.75) is 39.5 Å². The number of aromatic hydroxyl groups is 1. The number of carbonyl (C=O) groups is 6. The summed E-state index contributed by atoms with van der Waals surface area (Å²) >= 11 is 0. The number of phenolic OH excluding ortho intramolecular Hbond substituents is 1. The molecule has 0 spiro atoms. The molecule has 244 valence electrons. The largest absolute Gasteiger partial charge is 0.504 e. The Morgan fingerprint density at radius 3 is 1.81 bits per heavy atom. The van der Waals surface area contributed by atoms with E-state index in [-0.39, 0.29) is 53.6 Å². The van der Waals surface area contributed by atoms with Crippen molar-refractivity contribution in [1.29, 1.82) is 0 Å². The number of hydrogen-bond acceptors (Lipinski definition) is 8. The van der Waals surface area contributed by atoms with Crippen LogP contribution in [0.15, 0.2) is 78.4 Å².